The summed E-state index contributed by atoms with van der Waals surface area (Å²) in [7, 11) is 0. The summed E-state index contributed by atoms with van der Waals surface area (Å²) in [5.74, 6) is 6.28. The molecule has 1 rings (SSSR count). The van der Waals surface area contributed by atoms with Crippen LogP contribution in [0.15, 0.2) is 0 Å². The van der Waals surface area contributed by atoms with Crippen molar-refractivity contribution in [1.29, 1.82) is 0 Å². The van der Waals surface area contributed by atoms with Gasteiger partial charge in [0.15, 0.2) is 0 Å². The number of amides is 1. The van der Waals surface area contributed by atoms with E-state index in [1.807, 2.05) is 27.7 Å². The van der Waals surface area contributed by atoms with Crippen LogP contribution >= 0.6 is 0 Å². The monoisotopic (exact) mass is 266 g/mol. The highest BCUT2D eigenvalue weighted by atomic mass is 16.6. The van der Waals surface area contributed by atoms with E-state index in [9.17, 15) is 4.79 Å². The average molecular weight is 266 g/mol. The number of carbonyl (C=O) groups is 1. The normalized spacial score (nSPS) is 20.7. The fourth-order valence-electron chi connectivity index (χ4n) is 2.23. The van der Waals surface area contributed by atoms with Gasteiger partial charge in [-0.2, -0.15) is 0 Å². The quantitative estimate of drug-likeness (QED) is 0.798. The summed E-state index contributed by atoms with van der Waals surface area (Å²) >= 11 is 0. The van der Waals surface area contributed by atoms with Crippen LogP contribution in [0.3, 0.4) is 0 Å². The Labute approximate surface area is 116 Å². The van der Waals surface area contributed by atoms with Crippen LogP contribution < -0.4 is 5.73 Å². The van der Waals surface area contributed by atoms with E-state index in [4.69, 9.17) is 10.5 Å². The standard InChI is InChI=1S/C15H26N2O2/c1-5-6-7-8-13(16)12-9-10-17(11-12)14(18)19-15(2,3)4/h12-13H,7-11,16H2,1-4H3. The van der Waals surface area contributed by atoms with Crippen molar-refractivity contribution in [3.63, 3.8) is 0 Å². The van der Waals surface area contributed by atoms with E-state index in [1.165, 1.54) is 0 Å². The molecule has 4 nitrogen and oxygen atoms in total. The Morgan fingerprint density at radius 3 is 2.79 bits per heavy atom. The molecule has 2 unspecified atom stereocenters. The zero-order valence-electron chi connectivity index (χ0n) is 12.5. The van der Waals surface area contributed by atoms with E-state index < -0.39 is 5.60 Å². The molecular weight excluding hydrogens is 240 g/mol. The van der Waals surface area contributed by atoms with Gasteiger partial charge in [0, 0.05) is 25.6 Å². The SMILES string of the molecule is CC#CCCC(N)C1CCN(C(=O)OC(C)(C)C)C1. The van der Waals surface area contributed by atoms with Crippen LogP contribution in [0, 0.1) is 17.8 Å². The molecule has 0 aromatic carbocycles. The van der Waals surface area contributed by atoms with Crippen LogP contribution in [0.2, 0.25) is 0 Å². The van der Waals surface area contributed by atoms with Gasteiger partial charge < -0.3 is 15.4 Å². The first-order chi connectivity index (χ1) is 8.83. The van der Waals surface area contributed by atoms with Gasteiger partial charge in [0.2, 0.25) is 0 Å². The molecule has 1 aliphatic rings. The molecule has 4 heteroatoms. The minimum atomic E-state index is -0.437. The Balaban J connectivity index is 2.39. The van der Waals surface area contributed by atoms with Crippen LogP contribution in [0.5, 0.6) is 0 Å². The topological polar surface area (TPSA) is 55.6 Å². The van der Waals surface area contributed by atoms with Gasteiger partial charge in [0.1, 0.15) is 5.60 Å². The molecule has 0 aromatic heterocycles. The van der Waals surface area contributed by atoms with Crippen LogP contribution in [0.25, 0.3) is 0 Å². The molecule has 1 heterocycles. The molecule has 1 amide bonds. The lowest BCUT2D eigenvalue weighted by atomic mass is 9.96. The first-order valence-electron chi connectivity index (χ1n) is 6.96. The van der Waals surface area contributed by atoms with Crippen molar-refractivity contribution in [2.24, 2.45) is 11.7 Å². The van der Waals surface area contributed by atoms with E-state index in [0.29, 0.717) is 12.5 Å². The predicted molar refractivity (Wildman–Crippen MR) is 76.6 cm³/mol. The second-order valence-electron chi connectivity index (χ2n) is 6.10. The average Bonchev–Trinajstić information content (AvgIpc) is 2.76. The number of carbonyl (C=O) groups excluding carboxylic acids is 1. The highest BCUT2D eigenvalue weighted by Gasteiger charge is 2.32. The number of rotatable bonds is 3. The third-order valence-electron chi connectivity index (χ3n) is 3.26. The lowest BCUT2D eigenvalue weighted by molar-refractivity contribution is 0.0286. The molecule has 19 heavy (non-hydrogen) atoms. The van der Waals surface area contributed by atoms with Gasteiger partial charge >= 0.3 is 6.09 Å². The van der Waals surface area contributed by atoms with Gasteiger partial charge in [-0.1, -0.05) is 0 Å². The number of ether oxygens (including phenoxy) is 1. The van der Waals surface area contributed by atoms with Crippen molar-refractivity contribution in [3.8, 4) is 11.8 Å². The number of hydrogen-bond acceptors (Lipinski definition) is 3. The summed E-state index contributed by atoms with van der Waals surface area (Å²) in [6, 6.07) is 0.119. The van der Waals surface area contributed by atoms with Crippen molar-refractivity contribution >= 4 is 6.09 Å². The summed E-state index contributed by atoms with van der Waals surface area (Å²) in [6.45, 7) is 8.93. The summed E-state index contributed by atoms with van der Waals surface area (Å²) in [5.41, 5.74) is 5.73. The Morgan fingerprint density at radius 2 is 2.21 bits per heavy atom. The molecule has 0 spiro atoms. The van der Waals surface area contributed by atoms with E-state index in [1.54, 1.807) is 4.90 Å². The molecule has 2 N–H and O–H groups in total. The Bertz CT molecular complexity index is 363. The molecular formula is C15H26N2O2. The lowest BCUT2D eigenvalue weighted by Crippen LogP contribution is -2.37. The maximum Gasteiger partial charge on any atom is 0.410 e. The molecule has 0 radical (unpaired) electrons. The molecule has 0 aromatic rings. The van der Waals surface area contributed by atoms with Gasteiger partial charge in [0.25, 0.3) is 0 Å². The molecule has 2 atom stereocenters. The molecule has 0 saturated carbocycles. The molecule has 1 aliphatic heterocycles. The smallest absolute Gasteiger partial charge is 0.410 e. The second-order valence-corrected chi connectivity index (χ2v) is 6.10. The fourth-order valence-corrected chi connectivity index (χ4v) is 2.23. The minimum Gasteiger partial charge on any atom is -0.444 e. The van der Waals surface area contributed by atoms with Gasteiger partial charge in [-0.25, -0.2) is 4.79 Å². The number of nitrogens with zero attached hydrogens (tertiary/aromatic N) is 1. The van der Waals surface area contributed by atoms with Crippen LogP contribution in [0.4, 0.5) is 4.79 Å². The Hall–Kier alpha value is -1.21. The van der Waals surface area contributed by atoms with Gasteiger partial charge in [-0.15, -0.1) is 11.8 Å². The van der Waals surface area contributed by atoms with E-state index in [0.717, 1.165) is 25.8 Å². The first-order valence-corrected chi connectivity index (χ1v) is 6.96. The zero-order chi connectivity index (χ0) is 14.5. The summed E-state index contributed by atoms with van der Waals surface area (Å²) in [4.78, 5) is 13.7. The molecule has 1 saturated heterocycles. The third-order valence-corrected chi connectivity index (χ3v) is 3.26. The van der Waals surface area contributed by atoms with E-state index in [2.05, 4.69) is 11.8 Å². The summed E-state index contributed by atoms with van der Waals surface area (Å²) < 4.78 is 5.37. The highest BCUT2D eigenvalue weighted by Crippen LogP contribution is 2.23. The van der Waals surface area contributed by atoms with Crippen LogP contribution in [0.1, 0.15) is 47.0 Å². The summed E-state index contributed by atoms with van der Waals surface area (Å²) in [6.07, 6.45) is 2.46. The maximum atomic E-state index is 11.9. The fraction of sp³-hybridized carbons (Fsp3) is 0.800. The van der Waals surface area contributed by atoms with E-state index in [-0.39, 0.29) is 12.1 Å². The van der Waals surface area contributed by atoms with Crippen molar-refractivity contribution in [2.45, 2.75) is 58.6 Å². The Kier molecular flexibility index (Phi) is 5.68. The molecule has 108 valence electrons. The van der Waals surface area contributed by atoms with Crippen molar-refractivity contribution in [2.75, 3.05) is 13.1 Å². The number of nitrogens with two attached hydrogens (primary N) is 1. The maximum absolute atomic E-state index is 11.9. The minimum absolute atomic E-state index is 0.119. The lowest BCUT2D eigenvalue weighted by Gasteiger charge is -2.25. The first kappa shape index (κ1) is 15.8. The van der Waals surface area contributed by atoms with Gasteiger partial charge in [0.05, 0.1) is 0 Å². The second kappa shape index (κ2) is 6.81. The number of likely N-dealkylation sites (tertiary alicyclic amines) is 1. The Morgan fingerprint density at radius 1 is 1.53 bits per heavy atom. The molecule has 0 aliphatic carbocycles. The van der Waals surface area contributed by atoms with Crippen LogP contribution in [-0.2, 0) is 4.74 Å². The van der Waals surface area contributed by atoms with Crippen molar-refractivity contribution in [1.82, 2.24) is 4.90 Å². The largest absolute Gasteiger partial charge is 0.444 e. The molecule has 0 bridgehead atoms. The van der Waals surface area contributed by atoms with Gasteiger partial charge in [-0.05, 0) is 46.5 Å². The van der Waals surface area contributed by atoms with Crippen LogP contribution in [-0.4, -0.2) is 35.7 Å². The van der Waals surface area contributed by atoms with Crippen molar-refractivity contribution < 1.29 is 9.53 Å². The number of hydrogen-bond donors (Lipinski definition) is 1. The zero-order valence-corrected chi connectivity index (χ0v) is 12.5. The van der Waals surface area contributed by atoms with E-state index >= 15 is 0 Å². The molecule has 1 fully saturated rings. The summed E-state index contributed by atoms with van der Waals surface area (Å²) in [5, 5.41) is 0. The highest BCUT2D eigenvalue weighted by molar-refractivity contribution is 5.68. The van der Waals surface area contributed by atoms with Crippen molar-refractivity contribution in [3.05, 3.63) is 0 Å². The predicted octanol–water partition coefficient (Wildman–Crippen LogP) is 2.37. The third kappa shape index (κ3) is 5.52. The van der Waals surface area contributed by atoms with Gasteiger partial charge in [-0.3, -0.25) is 0 Å².